The van der Waals surface area contributed by atoms with Gasteiger partial charge in [0.05, 0.1) is 6.10 Å². The van der Waals surface area contributed by atoms with Gasteiger partial charge in [0.15, 0.2) is 0 Å². The Kier molecular flexibility index (Phi) is 4.12. The summed E-state index contributed by atoms with van der Waals surface area (Å²) in [4.78, 5) is 0. The average molecular weight is 280 g/mol. The van der Waals surface area contributed by atoms with Crippen LogP contribution in [0, 0.1) is 19.8 Å². The van der Waals surface area contributed by atoms with Crippen LogP contribution in [0.15, 0.2) is 42.5 Å². The molecule has 0 saturated heterocycles. The van der Waals surface area contributed by atoms with E-state index in [-0.39, 0.29) is 6.10 Å². The minimum atomic E-state index is -0.236. The van der Waals surface area contributed by atoms with Crippen molar-refractivity contribution in [3.05, 3.63) is 70.3 Å². The molecule has 1 aliphatic carbocycles. The topological polar surface area (TPSA) is 20.2 Å². The van der Waals surface area contributed by atoms with E-state index in [2.05, 4.69) is 56.3 Å². The van der Waals surface area contributed by atoms with E-state index in [1.54, 1.807) is 0 Å². The van der Waals surface area contributed by atoms with Gasteiger partial charge in [-0.2, -0.15) is 0 Å². The van der Waals surface area contributed by atoms with Crippen molar-refractivity contribution >= 4 is 0 Å². The van der Waals surface area contributed by atoms with Crippen LogP contribution in [0.2, 0.25) is 0 Å². The summed E-state index contributed by atoms with van der Waals surface area (Å²) in [6.07, 6.45) is 3.75. The molecular formula is C20H24O. The summed E-state index contributed by atoms with van der Waals surface area (Å²) in [6.45, 7) is 4.27. The Balaban J connectivity index is 1.69. The van der Waals surface area contributed by atoms with Crippen LogP contribution in [-0.4, -0.2) is 11.2 Å². The van der Waals surface area contributed by atoms with Crippen molar-refractivity contribution < 1.29 is 5.11 Å². The smallest absolute Gasteiger partial charge is 0.0612 e. The molecule has 2 unspecified atom stereocenters. The van der Waals surface area contributed by atoms with Crippen LogP contribution in [0.1, 0.15) is 34.2 Å². The van der Waals surface area contributed by atoms with E-state index in [4.69, 9.17) is 0 Å². The van der Waals surface area contributed by atoms with Gasteiger partial charge in [-0.1, -0.05) is 42.5 Å². The van der Waals surface area contributed by atoms with Crippen molar-refractivity contribution in [2.24, 2.45) is 5.92 Å². The highest BCUT2D eigenvalue weighted by molar-refractivity contribution is 5.32. The molecule has 0 bridgehead atoms. The highest BCUT2D eigenvalue weighted by atomic mass is 16.3. The third-order valence-corrected chi connectivity index (χ3v) is 4.95. The summed E-state index contributed by atoms with van der Waals surface area (Å²) < 4.78 is 0. The molecule has 21 heavy (non-hydrogen) atoms. The maximum Gasteiger partial charge on any atom is 0.0612 e. The third-order valence-electron chi connectivity index (χ3n) is 4.95. The number of benzene rings is 2. The molecule has 0 spiro atoms. The predicted octanol–water partition coefficient (Wildman–Crippen LogP) is 4.01. The lowest BCUT2D eigenvalue weighted by atomic mass is 9.79. The largest absolute Gasteiger partial charge is 0.392 e. The van der Waals surface area contributed by atoms with Gasteiger partial charge in [0.25, 0.3) is 0 Å². The first-order chi connectivity index (χ1) is 10.1. The monoisotopic (exact) mass is 280 g/mol. The molecule has 0 heterocycles. The molecule has 1 nitrogen and oxygen atoms in total. The molecule has 0 saturated carbocycles. The Morgan fingerprint density at radius 3 is 2.57 bits per heavy atom. The van der Waals surface area contributed by atoms with Crippen LogP contribution < -0.4 is 0 Å². The van der Waals surface area contributed by atoms with Gasteiger partial charge in [0, 0.05) is 0 Å². The molecule has 2 atom stereocenters. The zero-order chi connectivity index (χ0) is 14.8. The van der Waals surface area contributed by atoms with Crippen molar-refractivity contribution in [2.75, 3.05) is 0 Å². The Morgan fingerprint density at radius 2 is 1.81 bits per heavy atom. The molecule has 2 aromatic rings. The summed E-state index contributed by atoms with van der Waals surface area (Å²) >= 11 is 0. The molecule has 0 radical (unpaired) electrons. The number of aliphatic hydroxyl groups is 1. The number of hydrogen-bond donors (Lipinski definition) is 1. The summed E-state index contributed by atoms with van der Waals surface area (Å²) in [7, 11) is 0. The number of fused-ring (bicyclic) bond motifs is 1. The first-order valence-corrected chi connectivity index (χ1v) is 7.94. The van der Waals surface area contributed by atoms with Crippen molar-refractivity contribution in [1.29, 1.82) is 0 Å². The molecule has 0 aliphatic heterocycles. The van der Waals surface area contributed by atoms with E-state index >= 15 is 0 Å². The molecule has 1 heteroatoms. The normalized spacial score (nSPS) is 19.1. The summed E-state index contributed by atoms with van der Waals surface area (Å²) in [6, 6.07) is 15.2. The number of hydrogen-bond acceptors (Lipinski definition) is 1. The molecule has 1 aliphatic rings. The van der Waals surface area contributed by atoms with Gasteiger partial charge in [0.2, 0.25) is 0 Å². The maximum atomic E-state index is 10.6. The van der Waals surface area contributed by atoms with Crippen molar-refractivity contribution in [1.82, 2.24) is 0 Å². The van der Waals surface area contributed by atoms with Gasteiger partial charge >= 0.3 is 0 Å². The fourth-order valence-corrected chi connectivity index (χ4v) is 3.39. The third kappa shape index (κ3) is 3.19. The van der Waals surface area contributed by atoms with Gasteiger partial charge in [-0.25, -0.2) is 0 Å². The van der Waals surface area contributed by atoms with E-state index < -0.39 is 0 Å². The second-order valence-corrected chi connectivity index (χ2v) is 6.46. The maximum absolute atomic E-state index is 10.6. The van der Waals surface area contributed by atoms with E-state index in [0.717, 1.165) is 25.7 Å². The first kappa shape index (κ1) is 14.3. The molecule has 0 amide bonds. The Hall–Kier alpha value is -1.60. The van der Waals surface area contributed by atoms with Gasteiger partial charge in [-0.05, 0) is 73.3 Å². The van der Waals surface area contributed by atoms with Crippen LogP contribution in [-0.2, 0) is 19.3 Å². The average Bonchev–Trinajstić information content (AvgIpc) is 2.50. The lowest BCUT2D eigenvalue weighted by molar-refractivity contribution is 0.0993. The van der Waals surface area contributed by atoms with E-state index in [0.29, 0.717) is 5.92 Å². The van der Waals surface area contributed by atoms with E-state index in [1.807, 2.05) is 0 Å². The molecule has 0 fully saturated rings. The van der Waals surface area contributed by atoms with Gasteiger partial charge in [-0.15, -0.1) is 0 Å². The number of aryl methyl sites for hydroxylation is 3. The number of aliphatic hydroxyl groups excluding tert-OH is 1. The summed E-state index contributed by atoms with van der Waals surface area (Å²) in [5.74, 6) is 0.390. The zero-order valence-electron chi connectivity index (χ0n) is 13.0. The SMILES string of the molecule is Cc1ccc(CC(O)C2CCc3ccccc3C2)cc1C. The predicted molar refractivity (Wildman–Crippen MR) is 87.6 cm³/mol. The molecule has 0 aromatic heterocycles. The number of rotatable bonds is 3. The van der Waals surface area contributed by atoms with Crippen LogP contribution >= 0.6 is 0 Å². The van der Waals surface area contributed by atoms with Crippen LogP contribution in [0.25, 0.3) is 0 Å². The highest BCUT2D eigenvalue weighted by Crippen LogP contribution is 2.29. The minimum Gasteiger partial charge on any atom is -0.392 e. The quantitative estimate of drug-likeness (QED) is 0.900. The Morgan fingerprint density at radius 1 is 1.05 bits per heavy atom. The molecule has 1 N–H and O–H groups in total. The van der Waals surface area contributed by atoms with Crippen LogP contribution in [0.3, 0.4) is 0 Å². The minimum absolute atomic E-state index is 0.236. The fourth-order valence-electron chi connectivity index (χ4n) is 3.39. The van der Waals surface area contributed by atoms with Gasteiger partial charge < -0.3 is 5.11 Å². The lowest BCUT2D eigenvalue weighted by Crippen LogP contribution is -2.28. The fraction of sp³-hybridized carbons (Fsp3) is 0.400. The van der Waals surface area contributed by atoms with Crippen molar-refractivity contribution in [3.8, 4) is 0 Å². The van der Waals surface area contributed by atoms with Crippen LogP contribution in [0.5, 0.6) is 0 Å². The molecule has 110 valence electrons. The van der Waals surface area contributed by atoms with Crippen LogP contribution in [0.4, 0.5) is 0 Å². The van der Waals surface area contributed by atoms with Crippen molar-refractivity contribution in [2.45, 2.75) is 45.6 Å². The highest BCUT2D eigenvalue weighted by Gasteiger charge is 2.24. The zero-order valence-corrected chi connectivity index (χ0v) is 13.0. The van der Waals surface area contributed by atoms with Crippen molar-refractivity contribution in [3.63, 3.8) is 0 Å². The lowest BCUT2D eigenvalue weighted by Gasteiger charge is -2.28. The molecule has 2 aromatic carbocycles. The Labute approximate surface area is 127 Å². The Bertz CT molecular complexity index is 629. The summed E-state index contributed by atoms with van der Waals surface area (Å²) in [5, 5.41) is 10.6. The summed E-state index contributed by atoms with van der Waals surface area (Å²) in [5.41, 5.74) is 6.78. The molecular weight excluding hydrogens is 256 g/mol. The standard InChI is InChI=1S/C20H24O/c1-14-7-8-16(11-15(14)2)12-20(21)19-10-9-17-5-3-4-6-18(17)13-19/h3-8,11,19-21H,9-10,12-13H2,1-2H3. The second-order valence-electron chi connectivity index (χ2n) is 6.46. The van der Waals surface area contributed by atoms with Gasteiger partial charge in [0.1, 0.15) is 0 Å². The molecule has 3 rings (SSSR count). The second kappa shape index (κ2) is 6.03. The first-order valence-electron chi connectivity index (χ1n) is 7.94. The van der Waals surface area contributed by atoms with E-state index in [1.165, 1.54) is 27.8 Å². The van der Waals surface area contributed by atoms with Gasteiger partial charge in [-0.3, -0.25) is 0 Å². The van der Waals surface area contributed by atoms with E-state index in [9.17, 15) is 5.11 Å².